The van der Waals surface area contributed by atoms with E-state index in [9.17, 15) is 9.59 Å². The number of ether oxygens (including phenoxy) is 1. The lowest BCUT2D eigenvalue weighted by Crippen LogP contribution is -2.45. The molecule has 0 saturated carbocycles. The predicted octanol–water partition coefficient (Wildman–Crippen LogP) is 3.26. The van der Waals surface area contributed by atoms with E-state index in [1.807, 2.05) is 41.3 Å². The zero-order chi connectivity index (χ0) is 23.5. The second-order valence-corrected chi connectivity index (χ2v) is 9.55. The van der Waals surface area contributed by atoms with Gasteiger partial charge in [0.1, 0.15) is 6.54 Å². The number of benzene rings is 2. The largest absolute Gasteiger partial charge is 0.379 e. The first-order chi connectivity index (χ1) is 16.6. The molecule has 34 heavy (non-hydrogen) atoms. The Bertz CT molecular complexity index is 1050. The van der Waals surface area contributed by atoms with Crippen LogP contribution in [0.1, 0.15) is 28.8 Å². The topological polar surface area (TPSA) is 56.3 Å². The fraction of sp³-hybridized carbons (Fsp3) is 0.462. The van der Waals surface area contributed by atoms with E-state index < -0.39 is 0 Å². The highest BCUT2D eigenvalue weighted by Crippen LogP contribution is 2.31. The van der Waals surface area contributed by atoms with Crippen molar-refractivity contribution in [1.29, 1.82) is 0 Å². The van der Waals surface area contributed by atoms with Gasteiger partial charge in [-0.05, 0) is 42.7 Å². The molecule has 0 aliphatic carbocycles. The van der Waals surface area contributed by atoms with Crippen molar-refractivity contribution in [3.8, 4) is 0 Å². The number of carbonyl (C=O) groups is 2. The molecule has 7 nitrogen and oxygen atoms in total. The van der Waals surface area contributed by atoms with Crippen LogP contribution in [0.3, 0.4) is 0 Å². The third-order valence-electron chi connectivity index (χ3n) is 6.98. The van der Waals surface area contributed by atoms with E-state index in [-0.39, 0.29) is 18.4 Å². The van der Waals surface area contributed by atoms with Gasteiger partial charge in [0, 0.05) is 57.2 Å². The van der Waals surface area contributed by atoms with Gasteiger partial charge in [0.05, 0.1) is 23.8 Å². The monoisotopic (exact) mass is 482 g/mol. The van der Waals surface area contributed by atoms with E-state index in [4.69, 9.17) is 16.3 Å². The summed E-state index contributed by atoms with van der Waals surface area (Å²) in [5, 5.41) is 0.424. The fourth-order valence-electron chi connectivity index (χ4n) is 4.99. The summed E-state index contributed by atoms with van der Waals surface area (Å²) in [5.41, 5.74) is 3.21. The molecule has 2 fully saturated rings. The van der Waals surface area contributed by atoms with Crippen molar-refractivity contribution in [1.82, 2.24) is 9.80 Å². The van der Waals surface area contributed by atoms with Crippen molar-refractivity contribution < 1.29 is 14.3 Å². The number of carbonyl (C=O) groups excluding carboxylic acids is 2. The Morgan fingerprint density at radius 1 is 0.941 bits per heavy atom. The van der Waals surface area contributed by atoms with Crippen molar-refractivity contribution in [2.24, 2.45) is 0 Å². The number of rotatable bonds is 5. The van der Waals surface area contributed by atoms with Crippen LogP contribution in [-0.2, 0) is 16.1 Å². The van der Waals surface area contributed by atoms with Gasteiger partial charge in [-0.1, -0.05) is 29.8 Å². The molecule has 0 aromatic heterocycles. The summed E-state index contributed by atoms with van der Waals surface area (Å²) in [6.07, 6.45) is 2.35. The van der Waals surface area contributed by atoms with Crippen LogP contribution in [0.25, 0.3) is 0 Å². The van der Waals surface area contributed by atoms with Crippen LogP contribution in [0.15, 0.2) is 42.5 Å². The van der Waals surface area contributed by atoms with Crippen molar-refractivity contribution in [2.45, 2.75) is 19.4 Å². The van der Waals surface area contributed by atoms with Crippen LogP contribution >= 0.6 is 11.6 Å². The number of nitrogens with zero attached hydrogens (tertiary/aromatic N) is 4. The molecule has 2 aromatic carbocycles. The van der Waals surface area contributed by atoms with E-state index in [1.54, 1.807) is 11.0 Å². The van der Waals surface area contributed by atoms with Crippen molar-refractivity contribution in [2.75, 3.05) is 68.8 Å². The van der Waals surface area contributed by atoms with E-state index in [0.29, 0.717) is 23.7 Å². The molecule has 2 amide bonds. The Balaban J connectivity index is 1.36. The Morgan fingerprint density at radius 2 is 1.71 bits per heavy atom. The Kier molecular flexibility index (Phi) is 7.04. The van der Waals surface area contributed by atoms with Gasteiger partial charge in [0.15, 0.2) is 0 Å². The molecule has 180 valence electrons. The zero-order valence-electron chi connectivity index (χ0n) is 19.4. The van der Waals surface area contributed by atoms with Crippen LogP contribution in [0.4, 0.5) is 11.4 Å². The highest BCUT2D eigenvalue weighted by molar-refractivity contribution is 6.35. The highest BCUT2D eigenvalue weighted by atomic mass is 35.5. The second kappa shape index (κ2) is 10.3. The molecule has 0 bridgehead atoms. The molecule has 3 aliphatic heterocycles. The summed E-state index contributed by atoms with van der Waals surface area (Å²) in [6.45, 7) is 7.18. The molecule has 3 aliphatic rings. The van der Waals surface area contributed by atoms with Crippen molar-refractivity contribution in [3.63, 3.8) is 0 Å². The maximum Gasteiger partial charge on any atom is 0.260 e. The molecule has 0 unspecified atom stereocenters. The molecule has 2 aromatic rings. The van der Waals surface area contributed by atoms with E-state index in [1.165, 1.54) is 12.8 Å². The normalized spacial score (nSPS) is 19.3. The van der Waals surface area contributed by atoms with E-state index >= 15 is 0 Å². The molecule has 0 radical (unpaired) electrons. The van der Waals surface area contributed by atoms with Gasteiger partial charge in [-0.2, -0.15) is 0 Å². The third kappa shape index (κ3) is 4.92. The van der Waals surface area contributed by atoms with Gasteiger partial charge in [-0.25, -0.2) is 0 Å². The number of halogens is 1. The van der Waals surface area contributed by atoms with Crippen LogP contribution in [0, 0.1) is 0 Å². The zero-order valence-corrected chi connectivity index (χ0v) is 20.2. The minimum Gasteiger partial charge on any atom is -0.379 e. The number of amides is 2. The van der Waals surface area contributed by atoms with Crippen molar-refractivity contribution in [3.05, 3.63) is 58.6 Å². The van der Waals surface area contributed by atoms with Crippen molar-refractivity contribution >= 4 is 34.8 Å². The first kappa shape index (κ1) is 23.1. The van der Waals surface area contributed by atoms with Crippen LogP contribution in [-0.4, -0.2) is 80.6 Å². The molecule has 8 heteroatoms. The highest BCUT2D eigenvalue weighted by Gasteiger charge is 2.31. The lowest BCUT2D eigenvalue weighted by molar-refractivity contribution is -0.130. The Hall–Kier alpha value is -2.61. The van der Waals surface area contributed by atoms with Gasteiger partial charge < -0.3 is 14.5 Å². The van der Waals surface area contributed by atoms with Crippen LogP contribution < -0.4 is 9.80 Å². The van der Waals surface area contributed by atoms with Crippen LogP contribution in [0.5, 0.6) is 0 Å². The third-order valence-corrected chi connectivity index (χ3v) is 7.29. The summed E-state index contributed by atoms with van der Waals surface area (Å²) >= 11 is 6.61. The lowest BCUT2D eigenvalue weighted by Gasteiger charge is -2.29. The van der Waals surface area contributed by atoms with E-state index in [0.717, 1.165) is 62.9 Å². The number of anilines is 2. The number of morpholine rings is 1. The number of fused-ring (bicyclic) bond motifs is 1. The molecule has 2 saturated heterocycles. The van der Waals surface area contributed by atoms with E-state index in [2.05, 4.69) is 9.80 Å². The summed E-state index contributed by atoms with van der Waals surface area (Å²) in [5.74, 6) is -0.295. The molecule has 0 atom stereocenters. The SMILES string of the molecule is O=C1CN(C(=O)c2ccc(N3CCCC3)cc2Cl)c2ccccc2CN1CCN1CCOCC1. The summed E-state index contributed by atoms with van der Waals surface area (Å²) in [6, 6.07) is 13.4. The molecule has 3 heterocycles. The molecule has 5 rings (SSSR count). The minimum absolute atomic E-state index is 0.00314. The first-order valence-corrected chi connectivity index (χ1v) is 12.5. The maximum atomic E-state index is 13.7. The fourth-order valence-corrected chi connectivity index (χ4v) is 5.24. The van der Waals surface area contributed by atoms with Gasteiger partial charge in [0.25, 0.3) is 5.91 Å². The quantitative estimate of drug-likeness (QED) is 0.654. The number of hydrogen-bond donors (Lipinski definition) is 0. The lowest BCUT2D eigenvalue weighted by atomic mass is 10.1. The van der Waals surface area contributed by atoms with Gasteiger partial charge in [0.2, 0.25) is 5.91 Å². The second-order valence-electron chi connectivity index (χ2n) is 9.15. The average Bonchev–Trinajstić information content (AvgIpc) is 3.36. The Labute approximate surface area is 205 Å². The van der Waals surface area contributed by atoms with Crippen LogP contribution in [0.2, 0.25) is 5.02 Å². The molecular formula is C26H31ClN4O3. The van der Waals surface area contributed by atoms with Gasteiger partial charge in [-0.15, -0.1) is 0 Å². The summed E-state index contributed by atoms with van der Waals surface area (Å²) < 4.78 is 5.43. The molecule has 0 spiro atoms. The standard InChI is InChI=1S/C26H31ClN4O3/c27-23-17-21(29-9-3-4-10-29)7-8-22(23)26(33)31-19-25(32)30(12-11-28-13-15-34-16-14-28)18-20-5-1-2-6-24(20)31/h1-2,5-8,17H,3-4,9-16,18-19H2. The van der Waals surface area contributed by atoms with Gasteiger partial charge >= 0.3 is 0 Å². The molecule has 0 N–H and O–H groups in total. The maximum absolute atomic E-state index is 13.7. The van der Waals surface area contributed by atoms with Gasteiger partial charge in [-0.3, -0.25) is 19.4 Å². The predicted molar refractivity (Wildman–Crippen MR) is 134 cm³/mol. The summed E-state index contributed by atoms with van der Waals surface area (Å²) in [7, 11) is 0. The molecular weight excluding hydrogens is 452 g/mol. The first-order valence-electron chi connectivity index (χ1n) is 12.1. The number of hydrogen-bond acceptors (Lipinski definition) is 5. The average molecular weight is 483 g/mol. The number of para-hydroxylation sites is 1. The summed E-state index contributed by atoms with van der Waals surface area (Å²) in [4.78, 5) is 35.0. The smallest absolute Gasteiger partial charge is 0.260 e. The minimum atomic E-state index is -0.242. The Morgan fingerprint density at radius 3 is 2.47 bits per heavy atom.